The van der Waals surface area contributed by atoms with E-state index in [2.05, 4.69) is 16.0 Å². The standard InChI is InChI=1S/C18H19N3O2/c22-17(19-15-10-11-15)12-13-6-8-16(9-7-13)21-18(23)20-14-4-2-1-3-5-14/h1-9,15H,10-12H2,(H,19,22)(H2,20,21,23). The highest BCUT2D eigenvalue weighted by molar-refractivity contribution is 5.99. The van der Waals surface area contributed by atoms with Crippen LogP contribution in [-0.4, -0.2) is 18.0 Å². The monoisotopic (exact) mass is 309 g/mol. The van der Waals surface area contributed by atoms with Crippen LogP contribution in [-0.2, 0) is 11.2 Å². The van der Waals surface area contributed by atoms with Crippen LogP contribution < -0.4 is 16.0 Å². The lowest BCUT2D eigenvalue weighted by atomic mass is 10.1. The van der Waals surface area contributed by atoms with E-state index >= 15 is 0 Å². The predicted octanol–water partition coefficient (Wildman–Crippen LogP) is 3.15. The molecule has 5 nitrogen and oxygen atoms in total. The Morgan fingerprint density at radius 1 is 0.870 bits per heavy atom. The van der Waals surface area contributed by atoms with Gasteiger partial charge in [0.1, 0.15) is 0 Å². The zero-order valence-electron chi connectivity index (χ0n) is 12.7. The van der Waals surface area contributed by atoms with Crippen LogP contribution in [0.3, 0.4) is 0 Å². The maximum atomic E-state index is 11.9. The van der Waals surface area contributed by atoms with Crippen molar-refractivity contribution in [1.29, 1.82) is 0 Å². The van der Waals surface area contributed by atoms with Gasteiger partial charge in [-0.3, -0.25) is 4.79 Å². The summed E-state index contributed by atoms with van der Waals surface area (Å²) in [6, 6.07) is 16.6. The number of amides is 3. The van der Waals surface area contributed by atoms with Gasteiger partial charge in [-0.1, -0.05) is 30.3 Å². The number of rotatable bonds is 5. The van der Waals surface area contributed by atoms with Crippen LogP contribution in [0.25, 0.3) is 0 Å². The van der Waals surface area contributed by atoms with Crippen molar-refractivity contribution in [3.05, 3.63) is 60.2 Å². The van der Waals surface area contributed by atoms with Crippen molar-refractivity contribution in [1.82, 2.24) is 5.32 Å². The van der Waals surface area contributed by atoms with Crippen molar-refractivity contribution < 1.29 is 9.59 Å². The van der Waals surface area contributed by atoms with Gasteiger partial charge in [0.25, 0.3) is 0 Å². The molecule has 0 saturated heterocycles. The van der Waals surface area contributed by atoms with Gasteiger partial charge < -0.3 is 16.0 Å². The molecule has 0 aliphatic heterocycles. The summed E-state index contributed by atoms with van der Waals surface area (Å²) in [5, 5.41) is 8.47. The maximum absolute atomic E-state index is 11.9. The normalized spacial score (nSPS) is 13.2. The van der Waals surface area contributed by atoms with Gasteiger partial charge in [0.2, 0.25) is 5.91 Å². The fraction of sp³-hybridized carbons (Fsp3) is 0.222. The van der Waals surface area contributed by atoms with E-state index < -0.39 is 0 Å². The number of benzene rings is 2. The second-order valence-electron chi connectivity index (χ2n) is 5.66. The van der Waals surface area contributed by atoms with Crippen molar-refractivity contribution >= 4 is 23.3 Å². The Bertz CT molecular complexity index is 679. The Kier molecular flexibility index (Phi) is 4.57. The molecular weight excluding hydrogens is 290 g/mol. The first-order chi connectivity index (χ1) is 11.2. The quantitative estimate of drug-likeness (QED) is 0.794. The Morgan fingerprint density at radius 3 is 2.09 bits per heavy atom. The maximum Gasteiger partial charge on any atom is 0.323 e. The average Bonchev–Trinajstić information content (AvgIpc) is 3.34. The van der Waals surface area contributed by atoms with Crippen LogP contribution >= 0.6 is 0 Å². The van der Waals surface area contributed by atoms with Gasteiger partial charge >= 0.3 is 6.03 Å². The third-order valence-electron chi connectivity index (χ3n) is 3.55. The van der Waals surface area contributed by atoms with Crippen LogP contribution in [0.1, 0.15) is 18.4 Å². The van der Waals surface area contributed by atoms with Gasteiger partial charge in [-0.15, -0.1) is 0 Å². The summed E-state index contributed by atoms with van der Waals surface area (Å²) in [6.07, 6.45) is 2.54. The molecule has 3 amide bonds. The van der Waals surface area contributed by atoms with Crippen molar-refractivity contribution in [2.75, 3.05) is 10.6 Å². The van der Waals surface area contributed by atoms with E-state index in [1.807, 2.05) is 42.5 Å². The van der Waals surface area contributed by atoms with E-state index in [0.717, 1.165) is 24.1 Å². The number of anilines is 2. The minimum absolute atomic E-state index is 0.0510. The molecule has 3 rings (SSSR count). The molecule has 0 heterocycles. The van der Waals surface area contributed by atoms with Gasteiger partial charge in [0.05, 0.1) is 6.42 Å². The van der Waals surface area contributed by atoms with Crippen LogP contribution in [0.15, 0.2) is 54.6 Å². The second kappa shape index (κ2) is 6.96. The highest BCUT2D eigenvalue weighted by Crippen LogP contribution is 2.19. The van der Waals surface area contributed by atoms with E-state index in [1.165, 1.54) is 0 Å². The number of para-hydroxylation sites is 1. The first kappa shape index (κ1) is 15.1. The van der Waals surface area contributed by atoms with Crippen molar-refractivity contribution in [2.24, 2.45) is 0 Å². The van der Waals surface area contributed by atoms with E-state index in [0.29, 0.717) is 18.2 Å². The minimum Gasteiger partial charge on any atom is -0.353 e. The zero-order valence-corrected chi connectivity index (χ0v) is 12.7. The van der Waals surface area contributed by atoms with Gasteiger partial charge in [0.15, 0.2) is 0 Å². The summed E-state index contributed by atoms with van der Waals surface area (Å²) in [7, 11) is 0. The number of hydrogen-bond acceptors (Lipinski definition) is 2. The van der Waals surface area contributed by atoms with Gasteiger partial charge in [-0.25, -0.2) is 4.79 Å². The summed E-state index contributed by atoms with van der Waals surface area (Å²) in [6.45, 7) is 0. The van der Waals surface area contributed by atoms with Crippen LogP contribution in [0.4, 0.5) is 16.2 Å². The first-order valence-corrected chi connectivity index (χ1v) is 7.70. The Labute approximate surface area is 135 Å². The lowest BCUT2D eigenvalue weighted by Crippen LogP contribution is -2.26. The van der Waals surface area contributed by atoms with Crippen molar-refractivity contribution in [2.45, 2.75) is 25.3 Å². The van der Waals surface area contributed by atoms with Crippen LogP contribution in [0.5, 0.6) is 0 Å². The molecule has 0 aromatic heterocycles. The first-order valence-electron chi connectivity index (χ1n) is 7.70. The highest BCUT2D eigenvalue weighted by Gasteiger charge is 2.22. The van der Waals surface area contributed by atoms with Gasteiger partial charge in [-0.2, -0.15) is 0 Å². The molecule has 0 bridgehead atoms. The minimum atomic E-state index is -0.296. The third-order valence-corrected chi connectivity index (χ3v) is 3.55. The van der Waals surface area contributed by atoms with Crippen LogP contribution in [0.2, 0.25) is 0 Å². The van der Waals surface area contributed by atoms with E-state index in [4.69, 9.17) is 0 Å². The summed E-state index contributed by atoms with van der Waals surface area (Å²) >= 11 is 0. The molecule has 0 atom stereocenters. The van der Waals surface area contributed by atoms with E-state index in [-0.39, 0.29) is 11.9 Å². The van der Waals surface area contributed by atoms with Gasteiger partial charge in [-0.05, 0) is 42.7 Å². The summed E-state index contributed by atoms with van der Waals surface area (Å²) in [5.41, 5.74) is 2.35. The largest absolute Gasteiger partial charge is 0.353 e. The Morgan fingerprint density at radius 2 is 1.48 bits per heavy atom. The molecule has 2 aromatic carbocycles. The number of hydrogen-bond donors (Lipinski definition) is 3. The average molecular weight is 309 g/mol. The number of nitrogens with one attached hydrogen (secondary N) is 3. The Hall–Kier alpha value is -2.82. The highest BCUT2D eigenvalue weighted by atomic mass is 16.2. The fourth-order valence-corrected chi connectivity index (χ4v) is 2.21. The molecule has 2 aromatic rings. The molecule has 23 heavy (non-hydrogen) atoms. The summed E-state index contributed by atoms with van der Waals surface area (Å²) in [5.74, 6) is 0.0510. The predicted molar refractivity (Wildman–Crippen MR) is 90.4 cm³/mol. The molecule has 0 unspecified atom stereocenters. The zero-order chi connectivity index (χ0) is 16.1. The molecule has 1 aliphatic carbocycles. The van der Waals surface area contributed by atoms with E-state index in [9.17, 15) is 9.59 Å². The SMILES string of the molecule is O=C(Cc1ccc(NC(=O)Nc2ccccc2)cc1)NC1CC1. The Balaban J connectivity index is 1.50. The lowest BCUT2D eigenvalue weighted by Gasteiger charge is -2.08. The molecule has 0 spiro atoms. The van der Waals surface area contributed by atoms with Crippen molar-refractivity contribution in [3.63, 3.8) is 0 Å². The van der Waals surface area contributed by atoms with Crippen molar-refractivity contribution in [3.8, 4) is 0 Å². The number of carbonyl (C=O) groups excluding carboxylic acids is 2. The molecule has 1 aliphatic rings. The lowest BCUT2D eigenvalue weighted by molar-refractivity contribution is -0.120. The topological polar surface area (TPSA) is 70.2 Å². The second-order valence-corrected chi connectivity index (χ2v) is 5.66. The van der Waals surface area contributed by atoms with Crippen LogP contribution in [0, 0.1) is 0 Å². The molecule has 0 radical (unpaired) electrons. The molecule has 3 N–H and O–H groups in total. The molecule has 118 valence electrons. The van der Waals surface area contributed by atoms with E-state index in [1.54, 1.807) is 12.1 Å². The third kappa shape index (κ3) is 4.85. The number of carbonyl (C=O) groups is 2. The fourth-order valence-electron chi connectivity index (χ4n) is 2.21. The number of urea groups is 1. The molecular formula is C18H19N3O2. The molecule has 5 heteroatoms. The molecule has 1 fully saturated rings. The van der Waals surface area contributed by atoms with Gasteiger partial charge in [0, 0.05) is 17.4 Å². The summed E-state index contributed by atoms with van der Waals surface area (Å²) in [4.78, 5) is 23.6. The summed E-state index contributed by atoms with van der Waals surface area (Å²) < 4.78 is 0. The smallest absolute Gasteiger partial charge is 0.323 e. The molecule has 1 saturated carbocycles.